The predicted octanol–water partition coefficient (Wildman–Crippen LogP) is 3.81. The van der Waals surface area contributed by atoms with Gasteiger partial charge >= 0.3 is 0 Å². The molecule has 0 atom stereocenters. The minimum Gasteiger partial charge on any atom is -0.483 e. The van der Waals surface area contributed by atoms with Gasteiger partial charge in [-0.25, -0.2) is 5.43 Å². The van der Waals surface area contributed by atoms with Crippen molar-refractivity contribution in [2.45, 2.75) is 20.3 Å². The number of amides is 1. The van der Waals surface area contributed by atoms with Crippen molar-refractivity contribution < 1.29 is 9.53 Å². The van der Waals surface area contributed by atoms with Gasteiger partial charge in [0.05, 0.1) is 6.21 Å². The second-order valence-corrected chi connectivity index (χ2v) is 5.88. The molecule has 1 aliphatic carbocycles. The standard InChI is InChI=1S/C20H21N3O2/c1-14-6-3-4-9-19(15(14)2)25-13-20(24)23-22-12-16-7-5-8-18-17(16)10-11-21-18/h4-12,21H,3,13H2,1-2H3,(H,23,24)/b22-12+. The first kappa shape index (κ1) is 16.8. The Morgan fingerprint density at radius 2 is 2.24 bits per heavy atom. The van der Waals surface area contributed by atoms with Gasteiger partial charge in [-0.3, -0.25) is 4.79 Å². The quantitative estimate of drug-likeness (QED) is 0.644. The molecule has 128 valence electrons. The number of rotatable bonds is 5. The van der Waals surface area contributed by atoms with Crippen molar-refractivity contribution in [2.24, 2.45) is 5.10 Å². The van der Waals surface area contributed by atoms with E-state index in [2.05, 4.69) is 21.6 Å². The van der Waals surface area contributed by atoms with Crippen molar-refractivity contribution in [3.8, 4) is 0 Å². The Morgan fingerprint density at radius 1 is 1.36 bits per heavy atom. The van der Waals surface area contributed by atoms with Crippen LogP contribution >= 0.6 is 0 Å². The topological polar surface area (TPSA) is 66.5 Å². The van der Waals surface area contributed by atoms with E-state index in [0.29, 0.717) is 0 Å². The summed E-state index contributed by atoms with van der Waals surface area (Å²) >= 11 is 0. The van der Waals surface area contributed by atoms with Crippen LogP contribution in [0.25, 0.3) is 10.9 Å². The largest absolute Gasteiger partial charge is 0.483 e. The molecular formula is C20H21N3O2. The maximum atomic E-state index is 11.9. The smallest absolute Gasteiger partial charge is 0.277 e. The lowest BCUT2D eigenvalue weighted by molar-refractivity contribution is -0.124. The van der Waals surface area contributed by atoms with E-state index in [4.69, 9.17) is 4.74 Å². The van der Waals surface area contributed by atoms with Gasteiger partial charge in [0, 0.05) is 22.7 Å². The molecule has 0 saturated heterocycles. The van der Waals surface area contributed by atoms with Crippen molar-refractivity contribution in [1.29, 1.82) is 0 Å². The van der Waals surface area contributed by atoms with Crippen molar-refractivity contribution in [1.82, 2.24) is 10.4 Å². The fourth-order valence-electron chi connectivity index (χ4n) is 2.62. The van der Waals surface area contributed by atoms with Crippen LogP contribution in [0.4, 0.5) is 0 Å². The Bertz CT molecular complexity index is 901. The number of allylic oxidation sites excluding steroid dienone is 5. The number of hydrazone groups is 1. The summed E-state index contributed by atoms with van der Waals surface area (Å²) in [6, 6.07) is 7.85. The number of aromatic nitrogens is 1. The lowest BCUT2D eigenvalue weighted by atomic mass is 10.1. The predicted molar refractivity (Wildman–Crippen MR) is 100 cm³/mol. The molecule has 0 fully saturated rings. The molecule has 0 saturated carbocycles. The average molecular weight is 335 g/mol. The molecule has 1 aromatic heterocycles. The molecule has 3 rings (SSSR count). The fraction of sp³-hybridized carbons (Fsp3) is 0.200. The van der Waals surface area contributed by atoms with Gasteiger partial charge in [-0.1, -0.05) is 24.3 Å². The third kappa shape index (κ3) is 4.07. The van der Waals surface area contributed by atoms with Crippen molar-refractivity contribution >= 4 is 23.0 Å². The number of hydrogen-bond acceptors (Lipinski definition) is 3. The van der Waals surface area contributed by atoms with Crippen molar-refractivity contribution in [2.75, 3.05) is 6.61 Å². The van der Waals surface area contributed by atoms with E-state index in [-0.39, 0.29) is 12.5 Å². The first-order valence-corrected chi connectivity index (χ1v) is 8.20. The number of nitrogens with one attached hydrogen (secondary N) is 2. The zero-order valence-corrected chi connectivity index (χ0v) is 14.4. The minimum absolute atomic E-state index is 0.0734. The molecule has 1 aromatic carbocycles. The molecule has 1 aliphatic rings. The Kier molecular flexibility index (Phi) is 5.14. The molecule has 5 nitrogen and oxygen atoms in total. The maximum absolute atomic E-state index is 11.9. The summed E-state index contributed by atoms with van der Waals surface area (Å²) in [5.41, 5.74) is 6.68. The Morgan fingerprint density at radius 3 is 3.12 bits per heavy atom. The highest BCUT2D eigenvalue weighted by Crippen LogP contribution is 2.20. The van der Waals surface area contributed by atoms with Crippen LogP contribution in [0.15, 0.2) is 70.7 Å². The van der Waals surface area contributed by atoms with Crippen LogP contribution in [0.3, 0.4) is 0 Å². The molecule has 0 spiro atoms. The van der Waals surface area contributed by atoms with E-state index >= 15 is 0 Å². The van der Waals surface area contributed by atoms with Crippen molar-refractivity contribution in [3.63, 3.8) is 0 Å². The third-order valence-electron chi connectivity index (χ3n) is 4.17. The number of carbonyl (C=O) groups excluding carboxylic acids is 1. The summed E-state index contributed by atoms with van der Waals surface area (Å²) in [5.74, 6) is 0.430. The van der Waals surface area contributed by atoms with E-state index in [1.165, 1.54) is 0 Å². The second-order valence-electron chi connectivity index (χ2n) is 5.88. The number of carbonyl (C=O) groups is 1. The second kappa shape index (κ2) is 7.66. The first-order chi connectivity index (χ1) is 12.1. The SMILES string of the molecule is CC1=CCC=CC(OCC(=O)N/N=C/c2cccc3[nH]ccc23)=C1C. The van der Waals surface area contributed by atoms with Crippen LogP contribution in [-0.2, 0) is 9.53 Å². The number of nitrogens with zero attached hydrogens (tertiary/aromatic N) is 1. The van der Waals surface area contributed by atoms with Crippen LogP contribution in [0.2, 0.25) is 0 Å². The molecule has 2 aromatic rings. The third-order valence-corrected chi connectivity index (χ3v) is 4.17. The summed E-state index contributed by atoms with van der Waals surface area (Å²) in [7, 11) is 0. The number of H-pyrrole nitrogens is 1. The summed E-state index contributed by atoms with van der Waals surface area (Å²) in [5, 5.41) is 5.08. The van der Waals surface area contributed by atoms with E-state index in [0.717, 1.165) is 39.8 Å². The highest BCUT2D eigenvalue weighted by atomic mass is 16.5. The van der Waals surface area contributed by atoms with Crippen LogP contribution < -0.4 is 5.43 Å². The highest BCUT2D eigenvalue weighted by Gasteiger charge is 2.08. The number of hydrogen-bond donors (Lipinski definition) is 2. The number of benzene rings is 1. The van der Waals surface area contributed by atoms with E-state index in [9.17, 15) is 4.79 Å². The van der Waals surface area contributed by atoms with E-state index in [1.807, 2.05) is 56.5 Å². The van der Waals surface area contributed by atoms with Gasteiger partial charge in [-0.05, 0) is 49.6 Å². The van der Waals surface area contributed by atoms with Gasteiger partial charge in [-0.15, -0.1) is 0 Å². The van der Waals surface area contributed by atoms with Gasteiger partial charge in [0.2, 0.25) is 0 Å². The minimum atomic E-state index is -0.294. The Labute approximate surface area is 146 Å². The van der Waals surface area contributed by atoms with E-state index in [1.54, 1.807) is 6.21 Å². The van der Waals surface area contributed by atoms with Crippen molar-refractivity contribution in [3.05, 3.63) is 71.2 Å². The monoisotopic (exact) mass is 335 g/mol. The molecule has 0 radical (unpaired) electrons. The maximum Gasteiger partial charge on any atom is 0.277 e. The molecule has 1 heterocycles. The summed E-state index contributed by atoms with van der Waals surface area (Å²) in [6.07, 6.45) is 10.4. The summed E-state index contributed by atoms with van der Waals surface area (Å²) in [4.78, 5) is 15.1. The number of ether oxygens (including phenoxy) is 1. The lowest BCUT2D eigenvalue weighted by Gasteiger charge is -2.09. The van der Waals surface area contributed by atoms with Gasteiger partial charge in [-0.2, -0.15) is 5.10 Å². The zero-order valence-electron chi connectivity index (χ0n) is 14.4. The van der Waals surface area contributed by atoms with Gasteiger partial charge in [0.25, 0.3) is 5.91 Å². The van der Waals surface area contributed by atoms with Crippen LogP contribution in [0, 0.1) is 0 Å². The summed E-state index contributed by atoms with van der Waals surface area (Å²) < 4.78 is 5.63. The molecule has 0 aliphatic heterocycles. The average Bonchev–Trinajstić information content (AvgIpc) is 3.03. The van der Waals surface area contributed by atoms with Gasteiger partial charge in [0.1, 0.15) is 5.76 Å². The molecule has 0 unspecified atom stereocenters. The number of fused-ring (bicyclic) bond motifs is 1. The Hall–Kier alpha value is -3.08. The van der Waals surface area contributed by atoms with Crippen LogP contribution in [0.1, 0.15) is 25.8 Å². The highest BCUT2D eigenvalue weighted by molar-refractivity contribution is 5.98. The molecule has 2 N–H and O–H groups in total. The zero-order chi connectivity index (χ0) is 17.6. The summed E-state index contributed by atoms with van der Waals surface area (Å²) in [6.45, 7) is 3.96. The van der Waals surface area contributed by atoms with Crippen LogP contribution in [0.5, 0.6) is 0 Å². The molecule has 1 amide bonds. The molecule has 25 heavy (non-hydrogen) atoms. The van der Waals surface area contributed by atoms with Gasteiger partial charge in [0.15, 0.2) is 6.61 Å². The normalized spacial score (nSPS) is 14.7. The van der Waals surface area contributed by atoms with Crippen LogP contribution in [-0.4, -0.2) is 23.7 Å². The lowest BCUT2D eigenvalue weighted by Crippen LogP contribution is -2.23. The molecular weight excluding hydrogens is 314 g/mol. The fourth-order valence-corrected chi connectivity index (χ4v) is 2.62. The molecule has 5 heteroatoms. The van der Waals surface area contributed by atoms with Gasteiger partial charge < -0.3 is 9.72 Å². The number of aromatic amines is 1. The Balaban J connectivity index is 1.57. The molecule has 0 bridgehead atoms. The van der Waals surface area contributed by atoms with E-state index < -0.39 is 0 Å². The first-order valence-electron chi connectivity index (χ1n) is 8.20.